The number of imidazole rings is 1. The first-order valence-corrected chi connectivity index (χ1v) is 10.5. The Morgan fingerprint density at radius 1 is 1.19 bits per heavy atom. The van der Waals surface area contributed by atoms with Gasteiger partial charge in [-0.15, -0.1) is 0 Å². The summed E-state index contributed by atoms with van der Waals surface area (Å²) >= 11 is 0. The minimum Gasteiger partial charge on any atom is -0.349 e. The lowest BCUT2D eigenvalue weighted by molar-refractivity contribution is -0.126. The predicted molar refractivity (Wildman–Crippen MR) is 119 cm³/mol. The lowest BCUT2D eigenvalue weighted by atomic mass is 10.1. The first-order chi connectivity index (χ1) is 15.0. The van der Waals surface area contributed by atoms with Crippen LogP contribution in [0.3, 0.4) is 0 Å². The Morgan fingerprint density at radius 3 is 2.81 bits per heavy atom. The minimum atomic E-state index is -0.417. The highest BCUT2D eigenvalue weighted by atomic mass is 16.2. The van der Waals surface area contributed by atoms with Crippen LogP contribution >= 0.6 is 0 Å². The van der Waals surface area contributed by atoms with Gasteiger partial charge in [-0.25, -0.2) is 4.98 Å². The van der Waals surface area contributed by atoms with Crippen molar-refractivity contribution in [1.29, 1.82) is 0 Å². The van der Waals surface area contributed by atoms with Crippen LogP contribution in [-0.2, 0) is 16.1 Å². The predicted octanol–water partition coefficient (Wildman–Crippen LogP) is 3.16. The second-order valence-electron chi connectivity index (χ2n) is 8.20. The van der Waals surface area contributed by atoms with Gasteiger partial charge in [0.25, 0.3) is 0 Å². The van der Waals surface area contributed by atoms with Crippen molar-refractivity contribution in [1.82, 2.24) is 25.1 Å². The van der Waals surface area contributed by atoms with Gasteiger partial charge in [-0.2, -0.15) is 5.10 Å². The summed E-state index contributed by atoms with van der Waals surface area (Å²) in [5.41, 5.74) is 2.83. The number of hydrogen-bond acceptors (Lipinski definition) is 4. The molecule has 1 saturated heterocycles. The summed E-state index contributed by atoms with van der Waals surface area (Å²) in [4.78, 5) is 31.8. The normalized spacial score (nSPS) is 16.7. The minimum absolute atomic E-state index is 0.0909. The summed E-state index contributed by atoms with van der Waals surface area (Å²) in [7, 11) is 0. The summed E-state index contributed by atoms with van der Waals surface area (Å²) in [6.07, 6.45) is 0.174. The summed E-state index contributed by atoms with van der Waals surface area (Å²) in [6, 6.07) is 15.8. The van der Waals surface area contributed by atoms with Crippen LogP contribution in [0.15, 0.2) is 48.5 Å². The van der Waals surface area contributed by atoms with Gasteiger partial charge in [-0.3, -0.25) is 19.6 Å². The number of fused-ring (bicyclic) bond motifs is 2. The monoisotopic (exact) mass is 416 g/mol. The molecule has 0 radical (unpaired) electrons. The number of hydrogen-bond donors (Lipinski definition) is 2. The number of nitrogens with zero attached hydrogens (tertiary/aromatic N) is 4. The van der Waals surface area contributed by atoms with Gasteiger partial charge in [0, 0.05) is 24.4 Å². The van der Waals surface area contributed by atoms with Crippen molar-refractivity contribution < 1.29 is 9.59 Å². The van der Waals surface area contributed by atoms with Gasteiger partial charge in [0.05, 0.1) is 29.0 Å². The smallest absolute Gasteiger partial charge is 0.229 e. The van der Waals surface area contributed by atoms with Gasteiger partial charge >= 0.3 is 0 Å². The average molecular weight is 416 g/mol. The van der Waals surface area contributed by atoms with Gasteiger partial charge in [0.15, 0.2) is 5.82 Å². The standard InChI is InChI=1S/C23H24N6O2/c1-14(2)29-19-10-6-5-9-18(19)25-20(29)12-24-23(31)15-11-21(30)28(13-15)22-16-7-3-4-8-17(16)26-27-22/h3-10,14-15H,11-13H2,1-2H3,(H,24,31)(H,26,27)/t15-/m0/s1. The molecule has 0 aliphatic carbocycles. The largest absolute Gasteiger partial charge is 0.349 e. The molecule has 1 aliphatic rings. The summed E-state index contributed by atoms with van der Waals surface area (Å²) in [5, 5.41) is 11.1. The number of aromatic nitrogens is 4. The molecule has 158 valence electrons. The van der Waals surface area contributed by atoms with Crippen LogP contribution in [0.5, 0.6) is 0 Å². The fourth-order valence-electron chi connectivity index (χ4n) is 4.35. The lowest BCUT2D eigenvalue weighted by Crippen LogP contribution is -2.33. The molecule has 0 bridgehead atoms. The van der Waals surface area contributed by atoms with Crippen molar-refractivity contribution >= 4 is 39.6 Å². The van der Waals surface area contributed by atoms with Crippen LogP contribution in [0, 0.1) is 5.92 Å². The fraction of sp³-hybridized carbons (Fsp3) is 0.304. The second-order valence-corrected chi connectivity index (χ2v) is 8.20. The average Bonchev–Trinajstić information content (AvgIpc) is 3.46. The SMILES string of the molecule is CC(C)n1c(CNC(=O)[C@H]2CC(=O)N(c3n[nH]c4ccccc34)C2)nc2ccccc21. The van der Waals surface area contributed by atoms with Gasteiger partial charge in [-0.1, -0.05) is 24.3 Å². The van der Waals surface area contributed by atoms with E-state index < -0.39 is 5.92 Å². The highest BCUT2D eigenvalue weighted by Gasteiger charge is 2.36. The second kappa shape index (κ2) is 7.54. The van der Waals surface area contributed by atoms with E-state index in [0.717, 1.165) is 27.8 Å². The molecule has 2 aromatic heterocycles. The number of amides is 2. The number of carbonyl (C=O) groups is 2. The molecular weight excluding hydrogens is 392 g/mol. The first-order valence-electron chi connectivity index (χ1n) is 10.5. The Bertz CT molecular complexity index is 1290. The van der Waals surface area contributed by atoms with Crippen LogP contribution in [0.2, 0.25) is 0 Å². The molecule has 5 rings (SSSR count). The number of aromatic amines is 1. The van der Waals surface area contributed by atoms with E-state index >= 15 is 0 Å². The van der Waals surface area contributed by atoms with Gasteiger partial charge in [0.2, 0.25) is 11.8 Å². The molecule has 2 amide bonds. The molecule has 1 atom stereocenters. The molecule has 31 heavy (non-hydrogen) atoms. The third-order valence-corrected chi connectivity index (χ3v) is 5.81. The van der Waals surface area contributed by atoms with E-state index in [1.165, 1.54) is 0 Å². The lowest BCUT2D eigenvalue weighted by Gasteiger charge is -2.16. The van der Waals surface area contributed by atoms with E-state index in [1.807, 2.05) is 48.5 Å². The van der Waals surface area contributed by atoms with Crippen molar-refractivity contribution in [2.24, 2.45) is 5.92 Å². The number of para-hydroxylation sites is 3. The Hall–Kier alpha value is -3.68. The maximum atomic E-state index is 12.9. The third-order valence-electron chi connectivity index (χ3n) is 5.81. The molecule has 8 nitrogen and oxygen atoms in total. The molecular formula is C23H24N6O2. The zero-order chi connectivity index (χ0) is 21.5. The topological polar surface area (TPSA) is 95.9 Å². The molecule has 1 fully saturated rings. The molecule has 3 heterocycles. The molecule has 4 aromatic rings. The molecule has 2 aromatic carbocycles. The van der Waals surface area contributed by atoms with Crippen molar-refractivity contribution in [3.05, 3.63) is 54.4 Å². The fourth-order valence-corrected chi connectivity index (χ4v) is 4.35. The van der Waals surface area contributed by atoms with E-state index in [1.54, 1.807) is 4.90 Å². The van der Waals surface area contributed by atoms with Gasteiger partial charge < -0.3 is 9.88 Å². The number of rotatable bonds is 5. The van der Waals surface area contributed by atoms with Crippen LogP contribution in [0.4, 0.5) is 5.82 Å². The van der Waals surface area contributed by atoms with Crippen LogP contribution in [0.25, 0.3) is 21.9 Å². The van der Waals surface area contributed by atoms with E-state index in [-0.39, 0.29) is 24.3 Å². The van der Waals surface area contributed by atoms with Crippen LogP contribution in [0.1, 0.15) is 32.1 Å². The Balaban J connectivity index is 1.31. The Morgan fingerprint density at radius 2 is 1.97 bits per heavy atom. The van der Waals surface area contributed by atoms with Crippen molar-refractivity contribution in [3.8, 4) is 0 Å². The number of nitrogens with one attached hydrogen (secondary N) is 2. The quantitative estimate of drug-likeness (QED) is 0.522. The van der Waals surface area contributed by atoms with Crippen LogP contribution in [-0.4, -0.2) is 38.1 Å². The summed E-state index contributed by atoms with van der Waals surface area (Å²) < 4.78 is 2.14. The van der Waals surface area contributed by atoms with Crippen molar-refractivity contribution in [2.75, 3.05) is 11.4 Å². The molecule has 0 saturated carbocycles. The van der Waals surface area contributed by atoms with E-state index in [2.05, 4.69) is 33.9 Å². The molecule has 0 spiro atoms. The maximum absolute atomic E-state index is 12.9. The van der Waals surface area contributed by atoms with Gasteiger partial charge in [0.1, 0.15) is 5.82 Å². The van der Waals surface area contributed by atoms with Crippen LogP contribution < -0.4 is 10.2 Å². The van der Waals surface area contributed by atoms with Crippen molar-refractivity contribution in [2.45, 2.75) is 32.9 Å². The van der Waals surface area contributed by atoms with Crippen molar-refractivity contribution in [3.63, 3.8) is 0 Å². The van der Waals surface area contributed by atoms with E-state index in [0.29, 0.717) is 18.9 Å². The number of benzene rings is 2. The molecule has 1 aliphatic heterocycles. The number of H-pyrrole nitrogens is 1. The van der Waals surface area contributed by atoms with E-state index in [4.69, 9.17) is 4.98 Å². The molecule has 8 heteroatoms. The zero-order valence-electron chi connectivity index (χ0n) is 17.5. The number of carbonyl (C=O) groups excluding carboxylic acids is 2. The maximum Gasteiger partial charge on any atom is 0.229 e. The zero-order valence-corrected chi connectivity index (χ0v) is 17.5. The Labute approximate surface area is 179 Å². The summed E-state index contributed by atoms with van der Waals surface area (Å²) in [6.45, 7) is 4.84. The highest BCUT2D eigenvalue weighted by molar-refractivity contribution is 6.05. The molecule has 2 N–H and O–H groups in total. The third kappa shape index (κ3) is 3.34. The first kappa shape index (κ1) is 19.3. The molecule has 0 unspecified atom stereocenters. The highest BCUT2D eigenvalue weighted by Crippen LogP contribution is 2.29. The number of anilines is 1. The van der Waals surface area contributed by atoms with E-state index in [9.17, 15) is 9.59 Å². The summed E-state index contributed by atoms with van der Waals surface area (Å²) in [5.74, 6) is 0.742. The van der Waals surface area contributed by atoms with Gasteiger partial charge in [-0.05, 0) is 38.1 Å². The Kier molecular flexibility index (Phi) is 4.69.